The van der Waals surface area contributed by atoms with E-state index in [-0.39, 0.29) is 10.7 Å². The minimum absolute atomic E-state index is 0.0986. The van der Waals surface area contributed by atoms with Crippen molar-refractivity contribution in [2.24, 2.45) is 4.99 Å². The number of carbonyl (C=O) groups excluding carboxylic acids is 1. The van der Waals surface area contributed by atoms with Crippen LogP contribution in [0.15, 0.2) is 39.9 Å². The second kappa shape index (κ2) is 6.40. The van der Waals surface area contributed by atoms with Crippen molar-refractivity contribution in [2.75, 3.05) is 13.1 Å². The molecule has 4 nitrogen and oxygen atoms in total. The molecule has 2 aromatic rings. The Kier molecular flexibility index (Phi) is 4.48. The first-order valence-corrected chi connectivity index (χ1v) is 8.84. The summed E-state index contributed by atoms with van der Waals surface area (Å²) in [6.45, 7) is 8.46. The number of hydrogen-bond acceptors (Lipinski definition) is 3. The van der Waals surface area contributed by atoms with Gasteiger partial charge in [0.1, 0.15) is 5.58 Å². The van der Waals surface area contributed by atoms with Gasteiger partial charge in [-0.2, -0.15) is 4.99 Å². The molecule has 1 aromatic carbocycles. The van der Waals surface area contributed by atoms with Gasteiger partial charge >= 0.3 is 0 Å². The Hall–Kier alpha value is -1.75. The second-order valence-corrected chi connectivity index (χ2v) is 8.18. The second-order valence-electron chi connectivity index (χ2n) is 6.51. The highest BCUT2D eigenvalue weighted by molar-refractivity contribution is 8.15. The molecule has 2 heterocycles. The summed E-state index contributed by atoms with van der Waals surface area (Å²) in [6, 6.07) is 7.30. The lowest BCUT2D eigenvalue weighted by atomic mass is 10.1. The maximum absolute atomic E-state index is 12.5. The third kappa shape index (κ3) is 3.61. The Morgan fingerprint density at radius 2 is 2.22 bits per heavy atom. The van der Waals surface area contributed by atoms with E-state index in [0.717, 1.165) is 42.1 Å². The van der Waals surface area contributed by atoms with Gasteiger partial charge in [0.2, 0.25) is 0 Å². The van der Waals surface area contributed by atoms with Gasteiger partial charge in [0, 0.05) is 28.8 Å². The zero-order valence-corrected chi connectivity index (χ0v) is 14.7. The average molecular weight is 330 g/mol. The molecule has 122 valence electrons. The van der Waals surface area contributed by atoms with Gasteiger partial charge in [0.15, 0.2) is 5.17 Å². The number of unbranched alkanes of at least 4 members (excludes halogenated alkanes) is 1. The van der Waals surface area contributed by atoms with Crippen LogP contribution in [0.4, 0.5) is 0 Å². The standard InChI is InChI=1S/C18H22N2O2S/c1-4-5-9-20-12-18(2,3)23-17(20)19-16(21)14-6-7-15-13(11-14)8-10-22-15/h6-8,10-11H,4-5,9,12H2,1-3H3. The van der Waals surface area contributed by atoms with Crippen molar-refractivity contribution >= 4 is 33.8 Å². The summed E-state index contributed by atoms with van der Waals surface area (Å²) in [7, 11) is 0. The number of aliphatic imine (C=N–C) groups is 1. The Balaban J connectivity index is 1.84. The molecular weight excluding hydrogens is 308 g/mol. The molecule has 0 aliphatic carbocycles. The van der Waals surface area contributed by atoms with Gasteiger partial charge in [0.05, 0.1) is 6.26 Å². The van der Waals surface area contributed by atoms with Crippen LogP contribution in [0.25, 0.3) is 11.0 Å². The first-order chi connectivity index (χ1) is 11.0. The summed E-state index contributed by atoms with van der Waals surface area (Å²) in [4.78, 5) is 19.2. The molecule has 0 bridgehead atoms. The van der Waals surface area contributed by atoms with E-state index >= 15 is 0 Å². The number of nitrogens with zero attached hydrogens (tertiary/aromatic N) is 2. The highest BCUT2D eigenvalue weighted by atomic mass is 32.2. The molecule has 23 heavy (non-hydrogen) atoms. The molecule has 1 aromatic heterocycles. The number of amides is 1. The van der Waals surface area contributed by atoms with E-state index in [1.807, 2.05) is 18.2 Å². The number of amidine groups is 1. The van der Waals surface area contributed by atoms with Gasteiger partial charge in [-0.25, -0.2) is 0 Å². The molecule has 0 radical (unpaired) electrons. The molecule has 0 N–H and O–H groups in total. The third-order valence-corrected chi connectivity index (χ3v) is 5.10. The lowest BCUT2D eigenvalue weighted by Crippen LogP contribution is -2.30. The van der Waals surface area contributed by atoms with E-state index in [1.165, 1.54) is 0 Å². The number of hydrogen-bond donors (Lipinski definition) is 0. The number of furan rings is 1. The SMILES string of the molecule is CCCCN1CC(C)(C)SC1=NC(=O)c1ccc2occc2c1. The van der Waals surface area contributed by atoms with Crippen LogP contribution in [-0.4, -0.2) is 33.8 Å². The molecule has 1 aliphatic rings. The number of carbonyl (C=O) groups is 1. The zero-order valence-electron chi connectivity index (χ0n) is 13.8. The topological polar surface area (TPSA) is 45.8 Å². The van der Waals surface area contributed by atoms with Crippen LogP contribution in [0.1, 0.15) is 44.0 Å². The monoisotopic (exact) mass is 330 g/mol. The molecule has 5 heteroatoms. The summed E-state index contributed by atoms with van der Waals surface area (Å²) < 4.78 is 5.41. The maximum atomic E-state index is 12.5. The van der Waals surface area contributed by atoms with Crippen LogP contribution in [0.5, 0.6) is 0 Å². The van der Waals surface area contributed by atoms with Crippen molar-refractivity contribution < 1.29 is 9.21 Å². The lowest BCUT2D eigenvalue weighted by Gasteiger charge is -2.19. The fraction of sp³-hybridized carbons (Fsp3) is 0.444. The third-order valence-electron chi connectivity index (χ3n) is 3.89. The quantitative estimate of drug-likeness (QED) is 0.824. The van der Waals surface area contributed by atoms with E-state index < -0.39 is 0 Å². The fourth-order valence-corrected chi connectivity index (χ4v) is 3.87. The van der Waals surface area contributed by atoms with Crippen molar-refractivity contribution in [3.8, 4) is 0 Å². The zero-order chi connectivity index (χ0) is 16.4. The molecule has 0 saturated carbocycles. The molecule has 0 atom stereocenters. The molecule has 1 saturated heterocycles. The molecule has 0 spiro atoms. The molecule has 3 rings (SSSR count). The van der Waals surface area contributed by atoms with Crippen LogP contribution in [0.3, 0.4) is 0 Å². The fourth-order valence-electron chi connectivity index (χ4n) is 2.74. The summed E-state index contributed by atoms with van der Waals surface area (Å²) in [6.07, 6.45) is 3.89. The Morgan fingerprint density at radius 1 is 1.39 bits per heavy atom. The number of rotatable bonds is 4. The van der Waals surface area contributed by atoms with E-state index in [1.54, 1.807) is 24.1 Å². The first-order valence-electron chi connectivity index (χ1n) is 8.03. The van der Waals surface area contributed by atoms with Gasteiger partial charge in [-0.05, 0) is 44.5 Å². The van der Waals surface area contributed by atoms with Crippen LogP contribution < -0.4 is 0 Å². The predicted octanol–water partition coefficient (Wildman–Crippen LogP) is 4.56. The molecular formula is C18H22N2O2S. The molecule has 1 amide bonds. The summed E-state index contributed by atoms with van der Waals surface area (Å²) in [5.41, 5.74) is 1.39. The van der Waals surface area contributed by atoms with Crippen LogP contribution >= 0.6 is 11.8 Å². The minimum Gasteiger partial charge on any atom is -0.464 e. The average Bonchev–Trinajstić information content (AvgIpc) is 3.08. The van der Waals surface area contributed by atoms with Gasteiger partial charge in [-0.15, -0.1) is 0 Å². The van der Waals surface area contributed by atoms with Gasteiger partial charge in [0.25, 0.3) is 5.91 Å². The Bertz CT molecular complexity index is 748. The number of benzene rings is 1. The normalized spacial score (nSPS) is 18.9. The van der Waals surface area contributed by atoms with Crippen molar-refractivity contribution in [1.82, 2.24) is 4.90 Å². The summed E-state index contributed by atoms with van der Waals surface area (Å²) in [5.74, 6) is -0.185. The smallest absolute Gasteiger partial charge is 0.279 e. The Morgan fingerprint density at radius 3 is 3.00 bits per heavy atom. The maximum Gasteiger partial charge on any atom is 0.279 e. The summed E-state index contributed by atoms with van der Waals surface area (Å²) in [5, 5.41) is 1.78. The lowest BCUT2D eigenvalue weighted by molar-refractivity contribution is 0.100. The highest BCUT2D eigenvalue weighted by Crippen LogP contribution is 2.35. The van der Waals surface area contributed by atoms with Gasteiger partial charge in [-0.1, -0.05) is 25.1 Å². The van der Waals surface area contributed by atoms with E-state index in [9.17, 15) is 4.79 Å². The van der Waals surface area contributed by atoms with Crippen molar-refractivity contribution in [3.63, 3.8) is 0 Å². The van der Waals surface area contributed by atoms with Gasteiger partial charge < -0.3 is 9.32 Å². The van der Waals surface area contributed by atoms with E-state index in [0.29, 0.717) is 5.56 Å². The van der Waals surface area contributed by atoms with Crippen LogP contribution in [0.2, 0.25) is 0 Å². The van der Waals surface area contributed by atoms with E-state index in [4.69, 9.17) is 4.42 Å². The molecule has 0 unspecified atom stereocenters. The predicted molar refractivity (Wildman–Crippen MR) is 96.1 cm³/mol. The molecule has 1 fully saturated rings. The van der Waals surface area contributed by atoms with Crippen LogP contribution in [0, 0.1) is 0 Å². The van der Waals surface area contributed by atoms with E-state index in [2.05, 4.69) is 30.7 Å². The largest absolute Gasteiger partial charge is 0.464 e. The Labute approximate surface area is 140 Å². The minimum atomic E-state index is -0.185. The number of thioether (sulfide) groups is 1. The van der Waals surface area contributed by atoms with Crippen molar-refractivity contribution in [1.29, 1.82) is 0 Å². The van der Waals surface area contributed by atoms with Crippen molar-refractivity contribution in [2.45, 2.75) is 38.4 Å². The van der Waals surface area contributed by atoms with Crippen LogP contribution in [-0.2, 0) is 0 Å². The summed E-state index contributed by atoms with van der Waals surface area (Å²) >= 11 is 1.69. The number of fused-ring (bicyclic) bond motifs is 1. The molecule has 1 aliphatic heterocycles. The van der Waals surface area contributed by atoms with Crippen molar-refractivity contribution in [3.05, 3.63) is 36.1 Å². The first kappa shape index (κ1) is 16.1. The van der Waals surface area contributed by atoms with Gasteiger partial charge in [-0.3, -0.25) is 4.79 Å². The highest BCUT2D eigenvalue weighted by Gasteiger charge is 2.35.